The van der Waals surface area contributed by atoms with Gasteiger partial charge in [-0.2, -0.15) is 0 Å². The van der Waals surface area contributed by atoms with Crippen LogP contribution in [0.1, 0.15) is 25.3 Å². The highest BCUT2D eigenvalue weighted by molar-refractivity contribution is 6.05. The molecule has 106 valence electrons. The average Bonchev–Trinajstić information content (AvgIpc) is 2.77. The molecule has 0 radical (unpaired) electrons. The number of aryl methyl sites for hydroxylation is 1. The number of anilines is 1. The van der Waals surface area contributed by atoms with E-state index in [1.165, 1.54) is 5.56 Å². The van der Waals surface area contributed by atoms with Gasteiger partial charge in [0.05, 0.1) is 0 Å². The van der Waals surface area contributed by atoms with Crippen LogP contribution in [0.4, 0.5) is 5.69 Å². The summed E-state index contributed by atoms with van der Waals surface area (Å²) < 4.78 is 0. The van der Waals surface area contributed by atoms with Crippen molar-refractivity contribution in [1.82, 2.24) is 10.9 Å². The number of benzene rings is 1. The summed E-state index contributed by atoms with van der Waals surface area (Å²) in [6.45, 7) is 2.06. The first kappa shape index (κ1) is 14.0. The summed E-state index contributed by atoms with van der Waals surface area (Å²) in [6.07, 6.45) is 1.28. The first-order chi connectivity index (χ1) is 9.60. The van der Waals surface area contributed by atoms with E-state index in [0.717, 1.165) is 6.42 Å². The van der Waals surface area contributed by atoms with Gasteiger partial charge < -0.3 is 5.32 Å². The minimum atomic E-state index is -0.775. The molecule has 1 saturated heterocycles. The van der Waals surface area contributed by atoms with Gasteiger partial charge in [0.15, 0.2) is 0 Å². The van der Waals surface area contributed by atoms with Crippen molar-refractivity contribution in [2.45, 2.75) is 26.2 Å². The number of carbonyl (C=O) groups excluding carboxylic acids is 3. The normalized spacial score (nSPS) is 14.8. The van der Waals surface area contributed by atoms with E-state index in [1.54, 1.807) is 0 Å². The molecule has 6 nitrogen and oxygen atoms in total. The molecule has 0 unspecified atom stereocenters. The van der Waals surface area contributed by atoms with Crippen LogP contribution in [-0.2, 0) is 20.8 Å². The van der Waals surface area contributed by atoms with Crippen LogP contribution in [0, 0.1) is 5.92 Å². The Kier molecular flexibility index (Phi) is 4.34. The van der Waals surface area contributed by atoms with Gasteiger partial charge in [0.25, 0.3) is 11.8 Å². The lowest BCUT2D eigenvalue weighted by atomic mass is 10.0. The molecular weight excluding hydrogens is 258 g/mol. The number of hydrogen-bond donors (Lipinski definition) is 3. The Hall–Kier alpha value is -2.37. The van der Waals surface area contributed by atoms with Crippen LogP contribution < -0.4 is 16.2 Å². The first-order valence-electron chi connectivity index (χ1n) is 6.58. The van der Waals surface area contributed by atoms with Crippen LogP contribution in [0.15, 0.2) is 24.3 Å². The van der Waals surface area contributed by atoms with Crippen molar-refractivity contribution < 1.29 is 14.4 Å². The molecule has 1 aliphatic heterocycles. The summed E-state index contributed by atoms with van der Waals surface area (Å²) in [6, 6.07) is 7.58. The highest BCUT2D eigenvalue weighted by Crippen LogP contribution is 2.13. The fourth-order valence-electron chi connectivity index (χ4n) is 2.00. The van der Waals surface area contributed by atoms with E-state index in [2.05, 4.69) is 23.1 Å². The second-order valence-corrected chi connectivity index (χ2v) is 4.67. The largest absolute Gasteiger partial charge is 0.326 e. The highest BCUT2D eigenvalue weighted by atomic mass is 16.2. The van der Waals surface area contributed by atoms with Gasteiger partial charge in [-0.3, -0.25) is 25.2 Å². The van der Waals surface area contributed by atoms with Gasteiger partial charge in [-0.05, 0) is 30.5 Å². The van der Waals surface area contributed by atoms with Crippen molar-refractivity contribution >= 4 is 23.4 Å². The van der Waals surface area contributed by atoms with Crippen molar-refractivity contribution in [2.75, 3.05) is 5.32 Å². The molecule has 0 aliphatic carbocycles. The van der Waals surface area contributed by atoms with Gasteiger partial charge in [0.1, 0.15) is 5.92 Å². The molecule has 0 atom stereocenters. The van der Waals surface area contributed by atoms with Crippen molar-refractivity contribution in [3.63, 3.8) is 0 Å². The molecule has 1 fully saturated rings. The van der Waals surface area contributed by atoms with Gasteiger partial charge in [-0.15, -0.1) is 0 Å². The standard InChI is InChI=1S/C14H17N3O3/c1-2-9-3-5-10(6-4-9)15-12(18)8-7-11-13(19)16-17-14(11)20/h3-6,11H,2,7-8H2,1H3,(H,15,18)(H,16,19)(H,17,20). The Morgan fingerprint density at radius 1 is 1.15 bits per heavy atom. The topological polar surface area (TPSA) is 87.3 Å². The number of carbonyl (C=O) groups is 3. The zero-order valence-corrected chi connectivity index (χ0v) is 11.2. The van der Waals surface area contributed by atoms with Crippen LogP contribution in [0.25, 0.3) is 0 Å². The third kappa shape index (κ3) is 3.34. The predicted molar refractivity (Wildman–Crippen MR) is 73.5 cm³/mol. The van der Waals surface area contributed by atoms with Crippen LogP contribution in [0.5, 0.6) is 0 Å². The van der Waals surface area contributed by atoms with Crippen molar-refractivity contribution in [3.8, 4) is 0 Å². The second kappa shape index (κ2) is 6.18. The van der Waals surface area contributed by atoms with Crippen molar-refractivity contribution in [2.24, 2.45) is 5.92 Å². The second-order valence-electron chi connectivity index (χ2n) is 4.67. The molecule has 3 amide bonds. The van der Waals surface area contributed by atoms with Gasteiger partial charge in [0.2, 0.25) is 5.91 Å². The number of hydrazine groups is 1. The zero-order chi connectivity index (χ0) is 14.5. The Balaban J connectivity index is 1.83. The molecule has 0 spiro atoms. The van der Waals surface area contributed by atoms with Gasteiger partial charge in [0, 0.05) is 12.1 Å². The van der Waals surface area contributed by atoms with Gasteiger partial charge in [-0.25, -0.2) is 0 Å². The molecule has 0 bridgehead atoms. The SMILES string of the molecule is CCc1ccc(NC(=O)CCC2C(=O)NNC2=O)cc1. The lowest BCUT2D eigenvalue weighted by molar-refractivity contribution is -0.128. The first-order valence-corrected chi connectivity index (χ1v) is 6.58. The maximum atomic E-state index is 11.8. The summed E-state index contributed by atoms with van der Waals surface area (Å²) in [5.74, 6) is -1.74. The molecule has 1 aromatic rings. The quantitative estimate of drug-likeness (QED) is 0.693. The molecule has 6 heteroatoms. The van der Waals surface area contributed by atoms with Crippen LogP contribution in [0.2, 0.25) is 0 Å². The maximum Gasteiger partial charge on any atom is 0.251 e. The predicted octanol–water partition coefficient (Wildman–Crippen LogP) is 0.745. The third-order valence-corrected chi connectivity index (χ3v) is 3.25. The lowest BCUT2D eigenvalue weighted by Crippen LogP contribution is -2.28. The third-order valence-electron chi connectivity index (χ3n) is 3.25. The number of amides is 3. The minimum Gasteiger partial charge on any atom is -0.326 e. The van der Waals surface area contributed by atoms with E-state index >= 15 is 0 Å². The van der Waals surface area contributed by atoms with Crippen LogP contribution in [0.3, 0.4) is 0 Å². The smallest absolute Gasteiger partial charge is 0.251 e. The van der Waals surface area contributed by atoms with E-state index in [1.807, 2.05) is 24.3 Å². The Bertz CT molecular complexity index is 509. The molecule has 1 aliphatic rings. The van der Waals surface area contributed by atoms with Gasteiger partial charge >= 0.3 is 0 Å². The molecular formula is C14H17N3O3. The molecule has 2 rings (SSSR count). The Labute approximate surface area is 116 Å². The molecule has 1 heterocycles. The highest BCUT2D eigenvalue weighted by Gasteiger charge is 2.32. The zero-order valence-electron chi connectivity index (χ0n) is 11.2. The van der Waals surface area contributed by atoms with E-state index in [-0.39, 0.29) is 30.6 Å². The van der Waals surface area contributed by atoms with E-state index in [0.29, 0.717) is 5.69 Å². The molecule has 3 N–H and O–H groups in total. The summed E-state index contributed by atoms with van der Waals surface area (Å²) in [5, 5.41) is 2.74. The fourth-order valence-corrected chi connectivity index (χ4v) is 2.00. The Morgan fingerprint density at radius 3 is 2.30 bits per heavy atom. The molecule has 0 aromatic heterocycles. The summed E-state index contributed by atoms with van der Waals surface area (Å²) in [4.78, 5) is 34.4. The maximum absolute atomic E-state index is 11.8. The van der Waals surface area contributed by atoms with Gasteiger partial charge in [-0.1, -0.05) is 19.1 Å². The van der Waals surface area contributed by atoms with Crippen LogP contribution in [-0.4, -0.2) is 17.7 Å². The summed E-state index contributed by atoms with van der Waals surface area (Å²) in [7, 11) is 0. The van der Waals surface area contributed by atoms with Crippen LogP contribution >= 0.6 is 0 Å². The molecule has 0 saturated carbocycles. The van der Waals surface area contributed by atoms with Crippen molar-refractivity contribution in [3.05, 3.63) is 29.8 Å². The Morgan fingerprint density at radius 2 is 1.75 bits per heavy atom. The fraction of sp³-hybridized carbons (Fsp3) is 0.357. The monoisotopic (exact) mass is 275 g/mol. The summed E-state index contributed by atoms with van der Waals surface area (Å²) in [5.41, 5.74) is 6.38. The minimum absolute atomic E-state index is 0.126. The number of rotatable bonds is 5. The van der Waals surface area contributed by atoms with E-state index in [4.69, 9.17) is 0 Å². The molecule has 20 heavy (non-hydrogen) atoms. The number of nitrogens with one attached hydrogen (secondary N) is 3. The average molecular weight is 275 g/mol. The van der Waals surface area contributed by atoms with E-state index in [9.17, 15) is 14.4 Å². The lowest BCUT2D eigenvalue weighted by Gasteiger charge is -2.07. The number of hydrogen-bond acceptors (Lipinski definition) is 3. The summed E-state index contributed by atoms with van der Waals surface area (Å²) >= 11 is 0. The molecule has 1 aromatic carbocycles. The van der Waals surface area contributed by atoms with E-state index < -0.39 is 5.92 Å². The van der Waals surface area contributed by atoms with Crippen molar-refractivity contribution in [1.29, 1.82) is 0 Å².